The van der Waals surface area contributed by atoms with Crippen LogP contribution in [-0.2, 0) is 4.74 Å². The average molecular weight is 244 g/mol. The molecule has 1 aromatic carbocycles. The topological polar surface area (TPSA) is 36.3 Å². The molecule has 0 aromatic heterocycles. The van der Waals surface area contributed by atoms with Crippen LogP contribution in [0.3, 0.4) is 0 Å². The first-order chi connectivity index (χ1) is 8.58. The quantitative estimate of drug-likeness (QED) is 0.802. The van der Waals surface area contributed by atoms with E-state index >= 15 is 0 Å². The van der Waals surface area contributed by atoms with E-state index in [2.05, 4.69) is 30.9 Å². The second-order valence-corrected chi connectivity index (χ2v) is 5.31. The molecule has 3 heteroatoms. The highest BCUT2D eigenvalue weighted by Gasteiger charge is 2.31. The van der Waals surface area contributed by atoms with E-state index in [0.717, 1.165) is 37.2 Å². The highest BCUT2D eigenvalue weighted by Crippen LogP contribution is 2.30. The van der Waals surface area contributed by atoms with Gasteiger partial charge < -0.3 is 9.64 Å². The van der Waals surface area contributed by atoms with Gasteiger partial charge in [-0.3, -0.25) is 0 Å². The number of rotatable bonds is 2. The SMILES string of the molecule is COC1(C)CCCN(c2cc(C)ccc2C#N)C1. The van der Waals surface area contributed by atoms with Crippen LogP contribution in [0.5, 0.6) is 0 Å². The molecule has 0 amide bonds. The molecular formula is C15H20N2O. The van der Waals surface area contributed by atoms with Gasteiger partial charge in [-0.2, -0.15) is 5.26 Å². The molecule has 18 heavy (non-hydrogen) atoms. The molecule has 0 N–H and O–H groups in total. The van der Waals surface area contributed by atoms with Gasteiger partial charge in [0, 0.05) is 20.2 Å². The molecule has 3 nitrogen and oxygen atoms in total. The highest BCUT2D eigenvalue weighted by atomic mass is 16.5. The summed E-state index contributed by atoms with van der Waals surface area (Å²) in [5.41, 5.74) is 2.88. The molecule has 1 aliphatic heterocycles. The predicted octanol–water partition coefficient (Wildman–Crippen LogP) is 2.87. The Morgan fingerprint density at radius 1 is 1.44 bits per heavy atom. The minimum Gasteiger partial charge on any atom is -0.377 e. The third-order valence-electron chi connectivity index (χ3n) is 3.77. The normalized spacial score (nSPS) is 23.8. The van der Waals surface area contributed by atoms with Crippen LogP contribution < -0.4 is 4.90 Å². The van der Waals surface area contributed by atoms with Gasteiger partial charge in [-0.15, -0.1) is 0 Å². The zero-order valence-corrected chi connectivity index (χ0v) is 11.4. The molecule has 1 aromatic rings. The number of hydrogen-bond donors (Lipinski definition) is 0. The van der Waals surface area contributed by atoms with Gasteiger partial charge in [-0.1, -0.05) is 6.07 Å². The summed E-state index contributed by atoms with van der Waals surface area (Å²) in [6.07, 6.45) is 2.18. The van der Waals surface area contributed by atoms with E-state index in [0.29, 0.717) is 0 Å². The predicted molar refractivity (Wildman–Crippen MR) is 72.8 cm³/mol. The van der Waals surface area contributed by atoms with Crippen LogP contribution in [0.1, 0.15) is 30.9 Å². The summed E-state index contributed by atoms with van der Waals surface area (Å²) in [6, 6.07) is 8.27. The summed E-state index contributed by atoms with van der Waals surface area (Å²) in [5.74, 6) is 0. The van der Waals surface area contributed by atoms with Crippen LogP contribution in [0.2, 0.25) is 0 Å². The average Bonchev–Trinajstić information content (AvgIpc) is 2.39. The lowest BCUT2D eigenvalue weighted by atomic mass is 9.93. The number of piperidine rings is 1. The van der Waals surface area contributed by atoms with Crippen molar-refractivity contribution in [1.29, 1.82) is 5.26 Å². The van der Waals surface area contributed by atoms with Crippen LogP contribution in [-0.4, -0.2) is 25.8 Å². The van der Waals surface area contributed by atoms with E-state index < -0.39 is 0 Å². The molecule has 1 saturated heterocycles. The molecule has 0 radical (unpaired) electrons. The molecule has 1 heterocycles. The van der Waals surface area contributed by atoms with E-state index in [4.69, 9.17) is 4.74 Å². The Kier molecular flexibility index (Phi) is 3.58. The largest absolute Gasteiger partial charge is 0.377 e. The summed E-state index contributed by atoms with van der Waals surface area (Å²) in [6.45, 7) is 6.05. The number of ether oxygens (including phenoxy) is 1. The lowest BCUT2D eigenvalue weighted by molar-refractivity contribution is -0.00466. The maximum absolute atomic E-state index is 9.22. The summed E-state index contributed by atoms with van der Waals surface area (Å²) in [5, 5.41) is 9.22. The molecule has 0 saturated carbocycles. The van der Waals surface area contributed by atoms with E-state index in [-0.39, 0.29) is 5.60 Å². The Morgan fingerprint density at radius 3 is 2.89 bits per heavy atom. The Bertz CT molecular complexity index is 478. The first-order valence-corrected chi connectivity index (χ1v) is 6.39. The van der Waals surface area contributed by atoms with Crippen molar-refractivity contribution in [2.45, 2.75) is 32.3 Å². The van der Waals surface area contributed by atoms with Gasteiger partial charge in [0.1, 0.15) is 6.07 Å². The Labute approximate surface area is 109 Å². The fraction of sp³-hybridized carbons (Fsp3) is 0.533. The third-order valence-corrected chi connectivity index (χ3v) is 3.77. The molecule has 2 rings (SSSR count). The second kappa shape index (κ2) is 4.99. The second-order valence-electron chi connectivity index (χ2n) is 5.31. The van der Waals surface area contributed by atoms with Gasteiger partial charge in [-0.05, 0) is 44.4 Å². The van der Waals surface area contributed by atoms with Crippen molar-refractivity contribution in [2.75, 3.05) is 25.1 Å². The standard InChI is InChI=1S/C15H20N2O/c1-12-5-6-13(10-16)14(9-12)17-8-4-7-15(2,11-17)18-3/h5-6,9H,4,7-8,11H2,1-3H3. The number of methoxy groups -OCH3 is 1. The molecule has 1 fully saturated rings. The summed E-state index contributed by atoms with van der Waals surface area (Å²) < 4.78 is 5.61. The number of nitriles is 1. The number of benzene rings is 1. The molecule has 1 unspecified atom stereocenters. The minimum absolute atomic E-state index is 0.102. The van der Waals surface area contributed by atoms with Crippen molar-refractivity contribution >= 4 is 5.69 Å². The smallest absolute Gasteiger partial charge is 0.101 e. The third kappa shape index (κ3) is 2.49. The van der Waals surface area contributed by atoms with Gasteiger partial charge in [0.2, 0.25) is 0 Å². The molecule has 96 valence electrons. The van der Waals surface area contributed by atoms with Gasteiger partial charge in [0.05, 0.1) is 16.9 Å². The fourth-order valence-electron chi connectivity index (χ4n) is 2.58. The van der Waals surface area contributed by atoms with Crippen LogP contribution in [0, 0.1) is 18.3 Å². The first kappa shape index (κ1) is 12.9. The summed E-state index contributed by atoms with van der Waals surface area (Å²) >= 11 is 0. The minimum atomic E-state index is -0.102. The molecule has 1 aliphatic rings. The Morgan fingerprint density at radius 2 is 2.22 bits per heavy atom. The maximum atomic E-state index is 9.22. The molecule has 0 bridgehead atoms. The molecule has 0 spiro atoms. The lowest BCUT2D eigenvalue weighted by Crippen LogP contribution is -2.47. The molecular weight excluding hydrogens is 224 g/mol. The first-order valence-electron chi connectivity index (χ1n) is 6.39. The Balaban J connectivity index is 2.31. The van der Waals surface area contributed by atoms with E-state index in [1.165, 1.54) is 5.56 Å². The maximum Gasteiger partial charge on any atom is 0.101 e. The molecule has 0 aliphatic carbocycles. The van der Waals surface area contributed by atoms with Crippen LogP contribution in [0.25, 0.3) is 0 Å². The molecule has 1 atom stereocenters. The van der Waals surface area contributed by atoms with Gasteiger partial charge in [0.15, 0.2) is 0 Å². The zero-order chi connectivity index (χ0) is 13.2. The van der Waals surface area contributed by atoms with Gasteiger partial charge >= 0.3 is 0 Å². The number of aryl methyl sites for hydroxylation is 1. The monoisotopic (exact) mass is 244 g/mol. The van der Waals surface area contributed by atoms with E-state index in [1.807, 2.05) is 12.1 Å². The number of nitrogens with zero attached hydrogens (tertiary/aromatic N) is 2. The van der Waals surface area contributed by atoms with Crippen LogP contribution >= 0.6 is 0 Å². The Hall–Kier alpha value is -1.53. The van der Waals surface area contributed by atoms with Crippen molar-refractivity contribution in [1.82, 2.24) is 0 Å². The number of hydrogen-bond acceptors (Lipinski definition) is 3. The zero-order valence-electron chi connectivity index (χ0n) is 11.4. The van der Waals surface area contributed by atoms with E-state index in [9.17, 15) is 5.26 Å². The van der Waals surface area contributed by atoms with Gasteiger partial charge in [-0.25, -0.2) is 0 Å². The van der Waals surface area contributed by atoms with Crippen LogP contribution in [0.4, 0.5) is 5.69 Å². The van der Waals surface area contributed by atoms with Crippen molar-refractivity contribution in [3.05, 3.63) is 29.3 Å². The van der Waals surface area contributed by atoms with Crippen molar-refractivity contribution < 1.29 is 4.74 Å². The number of anilines is 1. The fourth-order valence-corrected chi connectivity index (χ4v) is 2.58. The summed E-state index contributed by atoms with van der Waals surface area (Å²) in [4.78, 5) is 2.28. The van der Waals surface area contributed by atoms with Crippen molar-refractivity contribution in [3.8, 4) is 6.07 Å². The van der Waals surface area contributed by atoms with Crippen LogP contribution in [0.15, 0.2) is 18.2 Å². The summed E-state index contributed by atoms with van der Waals surface area (Å²) in [7, 11) is 1.77. The van der Waals surface area contributed by atoms with E-state index in [1.54, 1.807) is 7.11 Å². The van der Waals surface area contributed by atoms with Crippen molar-refractivity contribution in [2.24, 2.45) is 0 Å². The highest BCUT2D eigenvalue weighted by molar-refractivity contribution is 5.61. The lowest BCUT2D eigenvalue weighted by Gasteiger charge is -2.41. The van der Waals surface area contributed by atoms with Crippen molar-refractivity contribution in [3.63, 3.8) is 0 Å². The van der Waals surface area contributed by atoms with Gasteiger partial charge in [0.25, 0.3) is 0 Å².